The monoisotopic (exact) mass is 424 g/mol. The number of methoxy groups -OCH3 is 2. The lowest BCUT2D eigenvalue weighted by molar-refractivity contribution is -0.136. The highest BCUT2D eigenvalue weighted by atomic mass is 16.5. The average molecular weight is 425 g/mol. The molecule has 0 saturated carbocycles. The van der Waals surface area contributed by atoms with Gasteiger partial charge in [0.2, 0.25) is 5.91 Å². The zero-order chi connectivity index (χ0) is 21.4. The first kappa shape index (κ1) is 20.9. The van der Waals surface area contributed by atoms with Crippen LogP contribution >= 0.6 is 0 Å². The number of fused-ring (bicyclic) bond motifs is 6. The lowest BCUT2D eigenvalue weighted by atomic mass is 9.68. The molecule has 2 bridgehead atoms. The number of ether oxygens (including phenoxy) is 2. The van der Waals surface area contributed by atoms with E-state index in [0.717, 1.165) is 42.5 Å². The zero-order valence-corrected chi connectivity index (χ0v) is 19.0. The predicted octanol–water partition coefficient (Wildman–Crippen LogP) is 4.06. The Morgan fingerprint density at radius 2 is 1.97 bits per heavy atom. The van der Waals surface area contributed by atoms with Gasteiger partial charge in [0.05, 0.1) is 20.3 Å². The second kappa shape index (κ2) is 8.85. The number of carbonyl (C=O) groups is 1. The number of amides is 1. The molecule has 3 aliphatic heterocycles. The van der Waals surface area contributed by atoms with Gasteiger partial charge in [-0.1, -0.05) is 24.1 Å². The van der Waals surface area contributed by atoms with Crippen molar-refractivity contribution in [1.82, 2.24) is 9.80 Å². The van der Waals surface area contributed by atoms with Crippen molar-refractivity contribution in [2.45, 2.75) is 63.5 Å². The van der Waals surface area contributed by atoms with Crippen molar-refractivity contribution in [3.05, 3.63) is 35.4 Å². The molecule has 0 N–H and O–H groups in total. The minimum Gasteiger partial charge on any atom is -0.493 e. The summed E-state index contributed by atoms with van der Waals surface area (Å²) in [4.78, 5) is 18.4. The zero-order valence-electron chi connectivity index (χ0n) is 19.0. The molecule has 4 atom stereocenters. The summed E-state index contributed by atoms with van der Waals surface area (Å²) in [5, 5.41) is 0. The topological polar surface area (TPSA) is 42.0 Å². The highest BCUT2D eigenvalue weighted by molar-refractivity contribution is 5.77. The van der Waals surface area contributed by atoms with E-state index in [0.29, 0.717) is 30.2 Å². The molecule has 31 heavy (non-hydrogen) atoms. The summed E-state index contributed by atoms with van der Waals surface area (Å²) in [6, 6.07) is 7.06. The van der Waals surface area contributed by atoms with Crippen molar-refractivity contribution in [1.29, 1.82) is 0 Å². The van der Waals surface area contributed by atoms with Gasteiger partial charge < -0.3 is 14.4 Å². The van der Waals surface area contributed by atoms with Gasteiger partial charge in [-0.2, -0.15) is 0 Å². The molecular weight excluding hydrogens is 388 g/mol. The summed E-state index contributed by atoms with van der Waals surface area (Å²) in [7, 11) is 3.30. The van der Waals surface area contributed by atoms with Gasteiger partial charge in [0.1, 0.15) is 0 Å². The van der Waals surface area contributed by atoms with Gasteiger partial charge in [0.25, 0.3) is 0 Å². The predicted molar refractivity (Wildman–Crippen MR) is 121 cm³/mol. The Labute approximate surface area is 186 Å². The summed E-state index contributed by atoms with van der Waals surface area (Å²) >= 11 is 0. The van der Waals surface area contributed by atoms with Crippen molar-refractivity contribution in [2.24, 2.45) is 11.8 Å². The Morgan fingerprint density at radius 3 is 2.81 bits per heavy atom. The Bertz CT molecular complexity index is 851. The number of hydrogen-bond donors (Lipinski definition) is 0. The van der Waals surface area contributed by atoms with E-state index < -0.39 is 0 Å². The molecule has 3 fully saturated rings. The minimum absolute atomic E-state index is 0.310. The minimum atomic E-state index is 0.310. The maximum atomic E-state index is 13.4. The third kappa shape index (κ3) is 3.97. The summed E-state index contributed by atoms with van der Waals surface area (Å²) in [6.07, 6.45) is 11.5. The third-order valence-corrected chi connectivity index (χ3v) is 8.05. The summed E-state index contributed by atoms with van der Waals surface area (Å²) < 4.78 is 10.8. The molecule has 3 heterocycles. The maximum absolute atomic E-state index is 13.4. The first-order valence-corrected chi connectivity index (χ1v) is 12.1. The average Bonchev–Trinajstić information content (AvgIpc) is 2.82. The molecule has 4 aliphatic rings. The molecule has 0 aromatic heterocycles. The number of hydrogen-bond acceptors (Lipinski definition) is 4. The van der Waals surface area contributed by atoms with Crippen LogP contribution in [0.15, 0.2) is 29.8 Å². The molecule has 1 aromatic carbocycles. The Kier molecular flexibility index (Phi) is 5.96. The van der Waals surface area contributed by atoms with E-state index in [2.05, 4.69) is 15.9 Å². The van der Waals surface area contributed by atoms with Crippen molar-refractivity contribution in [3.63, 3.8) is 0 Å². The number of likely N-dealkylation sites (tertiary alicyclic amines) is 1. The normalized spacial score (nSPS) is 30.1. The number of carbonyl (C=O) groups excluding carboxylic acids is 1. The Morgan fingerprint density at radius 1 is 1.10 bits per heavy atom. The first-order chi connectivity index (χ1) is 15.2. The maximum Gasteiger partial charge on any atom is 0.223 e. The van der Waals surface area contributed by atoms with E-state index in [1.54, 1.807) is 19.8 Å². The fourth-order valence-electron chi connectivity index (χ4n) is 6.68. The van der Waals surface area contributed by atoms with Gasteiger partial charge in [-0.15, -0.1) is 0 Å². The van der Waals surface area contributed by atoms with Crippen molar-refractivity contribution < 1.29 is 14.3 Å². The van der Waals surface area contributed by atoms with E-state index in [-0.39, 0.29) is 0 Å². The number of piperidine rings is 3. The van der Waals surface area contributed by atoms with Crippen LogP contribution in [0.3, 0.4) is 0 Å². The molecule has 0 radical (unpaired) electrons. The van der Waals surface area contributed by atoms with Crippen molar-refractivity contribution in [3.8, 4) is 11.5 Å². The van der Waals surface area contributed by atoms with Crippen LogP contribution in [-0.2, 0) is 11.2 Å². The molecule has 3 saturated heterocycles. The van der Waals surface area contributed by atoms with Gasteiger partial charge >= 0.3 is 0 Å². The standard InChI is InChI=1S/C26H36N2O3/c1-30-23-10-8-18(14-24(23)31-2)9-11-25(29)28-13-5-6-19-15-20-16-21(26(19)28)17-27-12-4-3-7-22(20)27/h8,10,14-15,20-22,26H,3-7,9,11-13,16-17H2,1-2H3/t20-,21+,22?,26?/m0/s1. The van der Waals surface area contributed by atoms with Crippen LogP contribution in [0.1, 0.15) is 50.5 Å². The van der Waals surface area contributed by atoms with Gasteiger partial charge in [-0.25, -0.2) is 0 Å². The number of rotatable bonds is 5. The molecular formula is C26H36N2O3. The largest absolute Gasteiger partial charge is 0.493 e. The van der Waals surface area contributed by atoms with Crippen LogP contribution in [0.2, 0.25) is 0 Å². The molecule has 5 nitrogen and oxygen atoms in total. The highest BCUT2D eigenvalue weighted by Gasteiger charge is 2.46. The van der Waals surface area contributed by atoms with Crippen molar-refractivity contribution in [2.75, 3.05) is 33.9 Å². The van der Waals surface area contributed by atoms with Crippen LogP contribution in [0, 0.1) is 11.8 Å². The van der Waals surface area contributed by atoms with Crippen LogP contribution < -0.4 is 9.47 Å². The third-order valence-electron chi connectivity index (χ3n) is 8.05. The molecule has 168 valence electrons. The van der Waals surface area contributed by atoms with E-state index in [9.17, 15) is 4.79 Å². The number of nitrogens with zero attached hydrogens (tertiary/aromatic N) is 2. The fourth-order valence-corrected chi connectivity index (χ4v) is 6.68. The molecule has 2 unspecified atom stereocenters. The van der Waals surface area contributed by atoms with Gasteiger partial charge in [0.15, 0.2) is 11.5 Å². The Hall–Kier alpha value is -2.01. The summed E-state index contributed by atoms with van der Waals surface area (Å²) in [5.74, 6) is 3.10. The second-order valence-corrected chi connectivity index (χ2v) is 9.78. The lowest BCUT2D eigenvalue weighted by Gasteiger charge is -2.54. The van der Waals surface area contributed by atoms with Gasteiger partial charge in [0, 0.05) is 25.6 Å². The second-order valence-electron chi connectivity index (χ2n) is 9.78. The summed E-state index contributed by atoms with van der Waals surface area (Å²) in [6.45, 7) is 3.35. The first-order valence-electron chi connectivity index (χ1n) is 12.1. The fraction of sp³-hybridized carbons (Fsp3) is 0.654. The van der Waals surface area contributed by atoms with E-state index in [4.69, 9.17) is 9.47 Å². The molecule has 0 spiro atoms. The van der Waals surface area contributed by atoms with Gasteiger partial charge in [-0.05, 0) is 74.6 Å². The number of aryl methyl sites for hydroxylation is 1. The molecule has 5 rings (SSSR count). The van der Waals surface area contributed by atoms with Crippen LogP contribution in [-0.4, -0.2) is 61.6 Å². The molecule has 1 aromatic rings. The van der Waals surface area contributed by atoms with Crippen LogP contribution in [0.5, 0.6) is 11.5 Å². The van der Waals surface area contributed by atoms with Gasteiger partial charge in [-0.3, -0.25) is 9.69 Å². The van der Waals surface area contributed by atoms with Crippen LogP contribution in [0.25, 0.3) is 0 Å². The molecule has 5 heteroatoms. The molecule has 1 amide bonds. The number of benzene rings is 1. The quantitative estimate of drug-likeness (QED) is 0.669. The van der Waals surface area contributed by atoms with Crippen molar-refractivity contribution >= 4 is 5.91 Å². The highest BCUT2D eigenvalue weighted by Crippen LogP contribution is 2.45. The van der Waals surface area contributed by atoms with Crippen LogP contribution in [0.4, 0.5) is 0 Å². The smallest absolute Gasteiger partial charge is 0.223 e. The SMILES string of the molecule is COc1ccc(CCC(=O)N2CCCC3=C[C@H]4C[C@H](CN5CCCCC45)C32)cc1OC. The summed E-state index contributed by atoms with van der Waals surface area (Å²) in [5.41, 5.74) is 2.69. The lowest BCUT2D eigenvalue weighted by Crippen LogP contribution is -2.60. The van der Waals surface area contributed by atoms with E-state index in [1.165, 1.54) is 45.2 Å². The molecule has 1 aliphatic carbocycles. The van der Waals surface area contributed by atoms with E-state index >= 15 is 0 Å². The Balaban J connectivity index is 1.29. The van der Waals surface area contributed by atoms with E-state index in [1.807, 2.05) is 18.2 Å².